The lowest BCUT2D eigenvalue weighted by atomic mass is 9.93. The Kier molecular flexibility index (Phi) is 8.26. The molecule has 0 bridgehead atoms. The summed E-state index contributed by atoms with van der Waals surface area (Å²) in [5.41, 5.74) is 3.70. The van der Waals surface area contributed by atoms with E-state index in [1.165, 1.54) is 0 Å². The summed E-state index contributed by atoms with van der Waals surface area (Å²) in [5, 5.41) is 4.41. The number of carbonyl (C=O) groups is 2. The fourth-order valence-corrected chi connectivity index (χ4v) is 6.32. The van der Waals surface area contributed by atoms with Crippen molar-refractivity contribution >= 4 is 45.7 Å². The van der Waals surface area contributed by atoms with Crippen LogP contribution in [0.3, 0.4) is 0 Å². The zero-order valence-corrected chi connectivity index (χ0v) is 24.1. The number of fused-ring (bicyclic) bond motifs is 1. The number of aromatic nitrogens is 1. The highest BCUT2D eigenvalue weighted by Crippen LogP contribution is 2.37. The molecule has 1 unspecified atom stereocenters. The van der Waals surface area contributed by atoms with Crippen molar-refractivity contribution in [1.29, 1.82) is 0 Å². The van der Waals surface area contributed by atoms with E-state index in [-0.39, 0.29) is 23.3 Å². The van der Waals surface area contributed by atoms with E-state index in [0.717, 1.165) is 40.6 Å². The molecule has 2 amide bonds. The number of hydrogen-bond donors (Lipinski definition) is 2. The van der Waals surface area contributed by atoms with Gasteiger partial charge in [0.2, 0.25) is 11.8 Å². The van der Waals surface area contributed by atoms with Crippen LogP contribution in [0.5, 0.6) is 0 Å². The summed E-state index contributed by atoms with van der Waals surface area (Å²) in [6.07, 6.45) is 1.60. The van der Waals surface area contributed by atoms with Crippen molar-refractivity contribution in [3.05, 3.63) is 94.2 Å². The Morgan fingerprint density at radius 1 is 0.905 bits per heavy atom. The van der Waals surface area contributed by atoms with E-state index in [9.17, 15) is 14.4 Å². The average molecular weight is 584 g/mol. The van der Waals surface area contributed by atoms with Crippen molar-refractivity contribution in [1.82, 2.24) is 14.8 Å². The molecule has 8 nitrogen and oxygen atoms in total. The average Bonchev–Trinajstić information content (AvgIpc) is 3.01. The first kappa shape index (κ1) is 28.0. The minimum atomic E-state index is -0.204. The lowest BCUT2D eigenvalue weighted by Crippen LogP contribution is -2.53. The van der Waals surface area contributed by atoms with Gasteiger partial charge in [0.05, 0.1) is 12.5 Å². The normalized spacial score (nSPS) is 17.8. The maximum Gasteiger partial charge on any atom is 0.272 e. The predicted octanol–water partition coefficient (Wildman–Crippen LogP) is 4.85. The van der Waals surface area contributed by atoms with Crippen molar-refractivity contribution in [2.75, 3.05) is 56.0 Å². The SMILES string of the molecule is O=C(CN1CCN(C(=O)C2CCCN(c3c(-c4ccccc4)c4cc(Cl)ccc4[nH]c3=O)C2)CC1)Nc1ccccc1. The highest BCUT2D eigenvalue weighted by atomic mass is 35.5. The summed E-state index contributed by atoms with van der Waals surface area (Å²) in [4.78, 5) is 48.9. The van der Waals surface area contributed by atoms with E-state index in [1.54, 1.807) is 6.07 Å². The third-order valence-corrected chi connectivity index (χ3v) is 8.44. The molecule has 3 aromatic carbocycles. The number of aromatic amines is 1. The molecule has 2 N–H and O–H groups in total. The van der Waals surface area contributed by atoms with Gasteiger partial charge in [-0.15, -0.1) is 0 Å². The number of nitrogens with one attached hydrogen (secondary N) is 2. The summed E-state index contributed by atoms with van der Waals surface area (Å²) in [6, 6.07) is 24.8. The molecule has 1 aromatic heterocycles. The number of carbonyl (C=O) groups excluding carboxylic acids is 2. The van der Waals surface area contributed by atoms with Crippen LogP contribution in [0.1, 0.15) is 12.8 Å². The summed E-state index contributed by atoms with van der Waals surface area (Å²) < 4.78 is 0. The Balaban J connectivity index is 1.16. The zero-order chi connectivity index (χ0) is 29.1. The molecule has 6 rings (SSSR count). The number of hydrogen-bond acceptors (Lipinski definition) is 5. The molecule has 4 aromatic rings. The molecule has 0 saturated carbocycles. The summed E-state index contributed by atoms with van der Waals surface area (Å²) in [5.74, 6) is -0.139. The second kappa shape index (κ2) is 12.4. The van der Waals surface area contributed by atoms with Crippen molar-refractivity contribution in [2.24, 2.45) is 5.92 Å². The van der Waals surface area contributed by atoms with Gasteiger partial charge in [0.25, 0.3) is 5.56 Å². The minimum Gasteiger partial charge on any atom is -0.366 e. The smallest absolute Gasteiger partial charge is 0.272 e. The quantitative estimate of drug-likeness (QED) is 0.339. The van der Waals surface area contributed by atoms with E-state index < -0.39 is 0 Å². The van der Waals surface area contributed by atoms with Gasteiger partial charge >= 0.3 is 0 Å². The molecule has 2 saturated heterocycles. The number of nitrogens with zero attached hydrogens (tertiary/aromatic N) is 3. The number of benzene rings is 3. The lowest BCUT2D eigenvalue weighted by Gasteiger charge is -2.39. The fraction of sp³-hybridized carbons (Fsp3) is 0.303. The Morgan fingerprint density at radius 3 is 2.36 bits per heavy atom. The molecule has 9 heteroatoms. The van der Waals surface area contributed by atoms with Crippen LogP contribution in [-0.2, 0) is 9.59 Å². The first-order chi connectivity index (χ1) is 20.5. The molecule has 2 fully saturated rings. The van der Waals surface area contributed by atoms with Crippen LogP contribution in [0.25, 0.3) is 22.0 Å². The summed E-state index contributed by atoms with van der Waals surface area (Å²) >= 11 is 6.40. The van der Waals surface area contributed by atoms with Crippen molar-refractivity contribution in [3.63, 3.8) is 0 Å². The number of rotatable bonds is 6. The fourth-order valence-electron chi connectivity index (χ4n) is 6.15. The van der Waals surface area contributed by atoms with Gasteiger partial charge < -0.3 is 20.1 Å². The predicted molar refractivity (Wildman–Crippen MR) is 168 cm³/mol. The maximum atomic E-state index is 13.7. The number of piperidine rings is 1. The highest BCUT2D eigenvalue weighted by Gasteiger charge is 2.33. The van der Waals surface area contributed by atoms with Gasteiger partial charge in [-0.1, -0.05) is 60.1 Å². The largest absolute Gasteiger partial charge is 0.366 e. The van der Waals surface area contributed by atoms with Crippen LogP contribution in [0.15, 0.2) is 83.7 Å². The summed E-state index contributed by atoms with van der Waals surface area (Å²) in [7, 11) is 0. The molecule has 0 spiro atoms. The molecule has 216 valence electrons. The van der Waals surface area contributed by atoms with E-state index in [1.807, 2.05) is 77.7 Å². The Morgan fingerprint density at radius 2 is 1.62 bits per heavy atom. The van der Waals surface area contributed by atoms with E-state index >= 15 is 0 Å². The monoisotopic (exact) mass is 583 g/mol. The van der Waals surface area contributed by atoms with Crippen LogP contribution in [0.4, 0.5) is 11.4 Å². The van der Waals surface area contributed by atoms with Crippen molar-refractivity contribution in [3.8, 4) is 11.1 Å². The second-order valence-corrected chi connectivity index (χ2v) is 11.5. The van der Waals surface area contributed by atoms with Crippen LogP contribution in [-0.4, -0.2) is 72.4 Å². The molecule has 2 aliphatic rings. The zero-order valence-electron chi connectivity index (χ0n) is 23.4. The van der Waals surface area contributed by atoms with Gasteiger partial charge in [-0.05, 0) is 48.7 Å². The van der Waals surface area contributed by atoms with Gasteiger partial charge in [0.15, 0.2) is 0 Å². The summed E-state index contributed by atoms with van der Waals surface area (Å²) in [6.45, 7) is 3.93. The number of para-hydroxylation sites is 1. The molecular formula is C33H34ClN5O3. The molecular weight excluding hydrogens is 550 g/mol. The van der Waals surface area contributed by atoms with Crippen LogP contribution in [0.2, 0.25) is 5.02 Å². The molecule has 0 radical (unpaired) electrons. The van der Waals surface area contributed by atoms with Gasteiger partial charge in [-0.2, -0.15) is 0 Å². The minimum absolute atomic E-state index is 0.0555. The number of halogens is 1. The topological polar surface area (TPSA) is 88.8 Å². The van der Waals surface area contributed by atoms with E-state index in [2.05, 4.69) is 20.1 Å². The Hall–Kier alpha value is -4.14. The van der Waals surface area contributed by atoms with Gasteiger partial charge in [0.1, 0.15) is 5.69 Å². The first-order valence-corrected chi connectivity index (χ1v) is 14.9. The van der Waals surface area contributed by atoms with Gasteiger partial charge in [-0.3, -0.25) is 19.3 Å². The third-order valence-electron chi connectivity index (χ3n) is 8.21. The maximum absolute atomic E-state index is 13.7. The Bertz CT molecular complexity index is 1630. The molecule has 3 heterocycles. The number of pyridine rings is 1. The molecule has 1 atom stereocenters. The van der Waals surface area contributed by atoms with E-state index in [4.69, 9.17) is 11.6 Å². The van der Waals surface area contributed by atoms with Gasteiger partial charge in [0, 0.05) is 66.4 Å². The van der Waals surface area contributed by atoms with Crippen LogP contribution >= 0.6 is 11.6 Å². The number of H-pyrrole nitrogens is 1. The van der Waals surface area contributed by atoms with Crippen LogP contribution < -0.4 is 15.8 Å². The molecule has 0 aliphatic carbocycles. The number of anilines is 2. The number of piperazine rings is 1. The van der Waals surface area contributed by atoms with Crippen molar-refractivity contribution < 1.29 is 9.59 Å². The first-order valence-electron chi connectivity index (χ1n) is 14.5. The third kappa shape index (κ3) is 6.05. The number of amides is 2. The Labute approximate surface area is 249 Å². The highest BCUT2D eigenvalue weighted by molar-refractivity contribution is 6.31. The van der Waals surface area contributed by atoms with E-state index in [0.29, 0.717) is 56.5 Å². The molecule has 42 heavy (non-hydrogen) atoms. The lowest BCUT2D eigenvalue weighted by molar-refractivity contribution is -0.137. The second-order valence-electron chi connectivity index (χ2n) is 11.0. The van der Waals surface area contributed by atoms with Gasteiger partial charge in [-0.25, -0.2) is 0 Å². The van der Waals surface area contributed by atoms with Crippen LogP contribution in [0, 0.1) is 5.92 Å². The standard InChI is InChI=1S/C33H34ClN5O3/c34-25-13-14-28-27(20-25)30(23-8-3-1-4-9-23)31(32(41)36-28)39-15-7-10-24(21-39)33(42)38-18-16-37(17-19-38)22-29(40)35-26-11-5-2-6-12-26/h1-6,8-9,11-14,20,24H,7,10,15-19,21-22H2,(H,35,40)(H,36,41). The van der Waals surface area contributed by atoms with Crippen molar-refractivity contribution in [2.45, 2.75) is 12.8 Å². The molecule has 2 aliphatic heterocycles.